The van der Waals surface area contributed by atoms with Gasteiger partial charge in [-0.1, -0.05) is 214 Å². The second-order valence-electron chi connectivity index (χ2n) is 15.9. The molecule has 308 valence electrons. The largest absolute Gasteiger partial charge is 0.462 e. The molecule has 0 fully saturated rings. The summed E-state index contributed by atoms with van der Waals surface area (Å²) in [4.78, 5) is 37.5. The van der Waals surface area contributed by atoms with Crippen LogP contribution in [0.2, 0.25) is 0 Å². The van der Waals surface area contributed by atoms with Gasteiger partial charge in [-0.3, -0.25) is 14.4 Å². The highest BCUT2D eigenvalue weighted by atomic mass is 16.6. The zero-order valence-corrected chi connectivity index (χ0v) is 35.3. The molecule has 0 N–H and O–H groups in total. The molecule has 2 atom stereocenters. The van der Waals surface area contributed by atoms with Gasteiger partial charge in [0.25, 0.3) is 0 Å². The van der Waals surface area contributed by atoms with Crippen LogP contribution in [0.1, 0.15) is 252 Å². The normalized spacial score (nSPS) is 12.5. The Balaban J connectivity index is 4.15. The zero-order chi connectivity index (χ0) is 38.2. The van der Waals surface area contributed by atoms with Crippen molar-refractivity contribution >= 4 is 17.9 Å². The first-order valence-electron chi connectivity index (χ1n) is 22.9. The topological polar surface area (TPSA) is 78.9 Å². The standard InChI is InChI=1S/C46H88O6/c1-5-8-10-12-14-21-26-29-33-37-44(47)50-40-43(52-46(49)39-35-31-24-13-11-9-6-2)41-51-45(48)38-34-30-27-23-20-18-16-15-17-19-22-25-28-32-36-42(4)7-3/h42-43H,5-41H2,1-4H3/t42?,43-/m1/s1. The number of hydrogen-bond acceptors (Lipinski definition) is 6. The van der Waals surface area contributed by atoms with Gasteiger partial charge in [-0.05, 0) is 25.2 Å². The van der Waals surface area contributed by atoms with E-state index in [0.29, 0.717) is 19.3 Å². The van der Waals surface area contributed by atoms with Gasteiger partial charge in [-0.15, -0.1) is 0 Å². The van der Waals surface area contributed by atoms with Gasteiger partial charge in [0, 0.05) is 19.3 Å². The van der Waals surface area contributed by atoms with Crippen LogP contribution in [-0.2, 0) is 28.6 Å². The van der Waals surface area contributed by atoms with Crippen molar-refractivity contribution in [3.8, 4) is 0 Å². The van der Waals surface area contributed by atoms with Crippen LogP contribution < -0.4 is 0 Å². The maximum Gasteiger partial charge on any atom is 0.306 e. The molecule has 0 aliphatic heterocycles. The smallest absolute Gasteiger partial charge is 0.306 e. The molecule has 0 aromatic heterocycles. The second-order valence-corrected chi connectivity index (χ2v) is 15.9. The molecule has 0 saturated heterocycles. The summed E-state index contributed by atoms with van der Waals surface area (Å²) < 4.78 is 16.6. The monoisotopic (exact) mass is 737 g/mol. The molecule has 0 radical (unpaired) electrons. The molecule has 0 rings (SSSR count). The predicted octanol–water partition coefficient (Wildman–Crippen LogP) is 14.3. The molecule has 6 heteroatoms. The number of unbranched alkanes of at least 4 members (excludes halogenated alkanes) is 27. The lowest BCUT2D eigenvalue weighted by Crippen LogP contribution is -2.30. The van der Waals surface area contributed by atoms with E-state index >= 15 is 0 Å². The number of carbonyl (C=O) groups excluding carboxylic acids is 3. The number of ether oxygens (including phenoxy) is 3. The van der Waals surface area contributed by atoms with E-state index < -0.39 is 6.10 Å². The molecule has 6 nitrogen and oxygen atoms in total. The van der Waals surface area contributed by atoms with Gasteiger partial charge in [0.1, 0.15) is 13.2 Å². The van der Waals surface area contributed by atoms with Crippen molar-refractivity contribution in [2.24, 2.45) is 5.92 Å². The van der Waals surface area contributed by atoms with Crippen molar-refractivity contribution in [2.45, 2.75) is 259 Å². The number of carbonyl (C=O) groups is 3. The van der Waals surface area contributed by atoms with Crippen molar-refractivity contribution in [3.05, 3.63) is 0 Å². The first-order chi connectivity index (χ1) is 25.4. The molecule has 0 amide bonds. The lowest BCUT2D eigenvalue weighted by molar-refractivity contribution is -0.167. The molecule has 0 heterocycles. The number of esters is 3. The van der Waals surface area contributed by atoms with Gasteiger partial charge in [0.15, 0.2) is 6.10 Å². The van der Waals surface area contributed by atoms with Crippen LogP contribution in [0.5, 0.6) is 0 Å². The molecule has 0 aliphatic rings. The van der Waals surface area contributed by atoms with Crippen LogP contribution in [-0.4, -0.2) is 37.2 Å². The van der Waals surface area contributed by atoms with Crippen molar-refractivity contribution in [2.75, 3.05) is 13.2 Å². The van der Waals surface area contributed by atoms with Crippen molar-refractivity contribution in [1.29, 1.82) is 0 Å². The Labute approximate surface area is 323 Å². The highest BCUT2D eigenvalue weighted by Crippen LogP contribution is 2.17. The zero-order valence-electron chi connectivity index (χ0n) is 35.3. The molecule has 0 aliphatic carbocycles. The minimum absolute atomic E-state index is 0.0643. The van der Waals surface area contributed by atoms with Crippen LogP contribution >= 0.6 is 0 Å². The van der Waals surface area contributed by atoms with Crippen LogP contribution in [0.25, 0.3) is 0 Å². The number of hydrogen-bond donors (Lipinski definition) is 0. The van der Waals surface area contributed by atoms with Gasteiger partial charge in [0.05, 0.1) is 0 Å². The third-order valence-corrected chi connectivity index (χ3v) is 10.7. The molecule has 0 aromatic rings. The van der Waals surface area contributed by atoms with E-state index in [1.165, 1.54) is 148 Å². The average Bonchev–Trinajstić information content (AvgIpc) is 3.14. The molecular weight excluding hydrogens is 649 g/mol. The van der Waals surface area contributed by atoms with Gasteiger partial charge in [-0.2, -0.15) is 0 Å². The Morgan fingerprint density at radius 1 is 0.385 bits per heavy atom. The Kier molecular flexibility index (Phi) is 39.4. The second kappa shape index (κ2) is 40.6. The van der Waals surface area contributed by atoms with Gasteiger partial charge in [0.2, 0.25) is 0 Å². The lowest BCUT2D eigenvalue weighted by Gasteiger charge is -2.18. The van der Waals surface area contributed by atoms with E-state index in [4.69, 9.17) is 14.2 Å². The molecule has 1 unspecified atom stereocenters. The summed E-state index contributed by atoms with van der Waals surface area (Å²) in [5, 5.41) is 0. The molecule has 0 bridgehead atoms. The summed E-state index contributed by atoms with van der Waals surface area (Å²) in [5.41, 5.74) is 0. The third kappa shape index (κ3) is 38.1. The quantitative estimate of drug-likeness (QED) is 0.0353. The Morgan fingerprint density at radius 2 is 0.673 bits per heavy atom. The maximum atomic E-state index is 12.6. The van der Waals surface area contributed by atoms with Crippen LogP contribution in [0.4, 0.5) is 0 Å². The van der Waals surface area contributed by atoms with E-state index in [1.54, 1.807) is 0 Å². The summed E-state index contributed by atoms with van der Waals surface area (Å²) in [6.07, 6.45) is 39.5. The SMILES string of the molecule is CCCCCCCCCCCC(=O)OC[C@H](COC(=O)CCCCCCCCCCCCCCCCC(C)CC)OC(=O)CCCCCCCCC. The van der Waals surface area contributed by atoms with E-state index in [9.17, 15) is 14.4 Å². The van der Waals surface area contributed by atoms with Crippen LogP contribution in [0.3, 0.4) is 0 Å². The fraction of sp³-hybridized carbons (Fsp3) is 0.935. The van der Waals surface area contributed by atoms with Crippen LogP contribution in [0.15, 0.2) is 0 Å². The van der Waals surface area contributed by atoms with Crippen LogP contribution in [0, 0.1) is 5.92 Å². The first kappa shape index (κ1) is 50.4. The highest BCUT2D eigenvalue weighted by molar-refractivity contribution is 5.71. The van der Waals surface area contributed by atoms with Crippen molar-refractivity contribution < 1.29 is 28.6 Å². The van der Waals surface area contributed by atoms with Crippen molar-refractivity contribution in [1.82, 2.24) is 0 Å². The van der Waals surface area contributed by atoms with Gasteiger partial charge in [-0.25, -0.2) is 0 Å². The molecule has 0 saturated carbocycles. The number of rotatable bonds is 41. The van der Waals surface area contributed by atoms with E-state index in [1.807, 2.05) is 0 Å². The Hall–Kier alpha value is -1.59. The minimum atomic E-state index is -0.757. The summed E-state index contributed by atoms with van der Waals surface area (Å²) in [6.45, 7) is 8.98. The van der Waals surface area contributed by atoms with Gasteiger partial charge >= 0.3 is 17.9 Å². The Morgan fingerprint density at radius 3 is 1.00 bits per heavy atom. The summed E-state index contributed by atoms with van der Waals surface area (Å²) in [5.74, 6) is 0.0326. The van der Waals surface area contributed by atoms with E-state index in [0.717, 1.165) is 63.7 Å². The summed E-state index contributed by atoms with van der Waals surface area (Å²) in [6, 6.07) is 0. The third-order valence-electron chi connectivity index (χ3n) is 10.7. The highest BCUT2D eigenvalue weighted by Gasteiger charge is 2.19. The lowest BCUT2D eigenvalue weighted by atomic mass is 9.99. The van der Waals surface area contributed by atoms with E-state index in [2.05, 4.69) is 27.7 Å². The molecular formula is C46H88O6. The summed E-state index contributed by atoms with van der Waals surface area (Å²) in [7, 11) is 0. The molecule has 0 spiro atoms. The Bertz CT molecular complexity index is 783. The minimum Gasteiger partial charge on any atom is -0.462 e. The fourth-order valence-corrected chi connectivity index (χ4v) is 6.77. The predicted molar refractivity (Wildman–Crippen MR) is 220 cm³/mol. The fourth-order valence-electron chi connectivity index (χ4n) is 6.77. The average molecular weight is 737 g/mol. The molecule has 52 heavy (non-hydrogen) atoms. The van der Waals surface area contributed by atoms with Gasteiger partial charge < -0.3 is 14.2 Å². The molecule has 0 aromatic carbocycles. The van der Waals surface area contributed by atoms with Crippen molar-refractivity contribution in [3.63, 3.8) is 0 Å². The first-order valence-corrected chi connectivity index (χ1v) is 22.9. The summed E-state index contributed by atoms with van der Waals surface area (Å²) >= 11 is 0. The maximum absolute atomic E-state index is 12.6. The van der Waals surface area contributed by atoms with E-state index in [-0.39, 0.29) is 31.1 Å².